The Labute approximate surface area is 191 Å². The van der Waals surface area contributed by atoms with E-state index < -0.39 is 5.54 Å². The van der Waals surface area contributed by atoms with Crippen molar-refractivity contribution in [3.05, 3.63) is 119 Å². The highest BCUT2D eigenvalue weighted by Gasteiger charge is 2.37. The minimum Gasteiger partial charge on any atom is -0.497 e. The second-order valence-corrected chi connectivity index (χ2v) is 7.75. The van der Waals surface area contributed by atoms with E-state index in [-0.39, 0.29) is 5.28 Å². The maximum atomic E-state index is 6.29. The summed E-state index contributed by atoms with van der Waals surface area (Å²) < 4.78 is 5.41. The third-order valence-corrected chi connectivity index (χ3v) is 5.80. The Kier molecular flexibility index (Phi) is 5.25. The Hall–Kier alpha value is -3.83. The highest BCUT2D eigenvalue weighted by Crippen LogP contribution is 2.41. The minimum absolute atomic E-state index is 0.173. The van der Waals surface area contributed by atoms with Crippen LogP contribution >= 0.6 is 11.6 Å². The number of nitrogens with zero attached hydrogens (tertiary/aromatic N) is 2. The number of nitrogens with one attached hydrogen (secondary N) is 2. The zero-order valence-corrected chi connectivity index (χ0v) is 18.2. The zero-order chi connectivity index (χ0) is 22.0. The summed E-state index contributed by atoms with van der Waals surface area (Å²) in [5.41, 5.74) is 3.10. The topological polar surface area (TPSA) is 62.8 Å². The van der Waals surface area contributed by atoms with Crippen LogP contribution < -0.4 is 10.1 Å². The number of ether oxygens (including phenoxy) is 1. The fourth-order valence-electron chi connectivity index (χ4n) is 4.12. The first-order valence-corrected chi connectivity index (χ1v) is 10.6. The molecule has 0 atom stereocenters. The third kappa shape index (κ3) is 3.47. The van der Waals surface area contributed by atoms with Crippen LogP contribution in [-0.4, -0.2) is 22.1 Å². The van der Waals surface area contributed by atoms with Gasteiger partial charge in [0.05, 0.1) is 12.5 Å². The van der Waals surface area contributed by atoms with Crippen molar-refractivity contribution in [2.75, 3.05) is 12.4 Å². The molecule has 0 amide bonds. The molecule has 5 aromatic rings. The summed E-state index contributed by atoms with van der Waals surface area (Å²) in [4.78, 5) is 12.0. The fourth-order valence-corrected chi connectivity index (χ4v) is 4.29. The quantitative estimate of drug-likeness (QED) is 0.250. The van der Waals surface area contributed by atoms with Crippen LogP contribution in [0.4, 0.5) is 5.82 Å². The summed E-state index contributed by atoms with van der Waals surface area (Å²) >= 11 is 6.29. The van der Waals surface area contributed by atoms with Crippen LogP contribution in [0.2, 0.25) is 5.28 Å². The smallest absolute Gasteiger partial charge is 0.226 e. The lowest BCUT2D eigenvalue weighted by atomic mass is 9.77. The molecule has 5 rings (SSSR count). The van der Waals surface area contributed by atoms with Gasteiger partial charge in [-0.2, -0.15) is 4.98 Å². The molecule has 0 saturated carbocycles. The summed E-state index contributed by atoms with van der Waals surface area (Å²) in [6.45, 7) is 0. The van der Waals surface area contributed by atoms with E-state index in [1.54, 1.807) is 7.11 Å². The van der Waals surface area contributed by atoms with Crippen LogP contribution in [0.3, 0.4) is 0 Å². The van der Waals surface area contributed by atoms with Crippen molar-refractivity contribution in [2.45, 2.75) is 5.54 Å². The molecule has 0 aliphatic rings. The molecule has 0 radical (unpaired) electrons. The Balaban J connectivity index is 1.81. The second-order valence-electron chi connectivity index (χ2n) is 7.42. The van der Waals surface area contributed by atoms with Gasteiger partial charge in [0.25, 0.3) is 0 Å². The molecule has 5 nitrogen and oxygen atoms in total. The van der Waals surface area contributed by atoms with E-state index in [1.165, 1.54) is 0 Å². The number of hydrogen-bond donors (Lipinski definition) is 2. The van der Waals surface area contributed by atoms with Gasteiger partial charge in [0.15, 0.2) is 0 Å². The van der Waals surface area contributed by atoms with Crippen LogP contribution in [0.15, 0.2) is 97.2 Å². The summed E-state index contributed by atoms with van der Waals surface area (Å²) in [7, 11) is 1.67. The molecule has 158 valence electrons. The highest BCUT2D eigenvalue weighted by atomic mass is 35.5. The van der Waals surface area contributed by atoms with Gasteiger partial charge >= 0.3 is 0 Å². The van der Waals surface area contributed by atoms with E-state index in [2.05, 4.69) is 56.7 Å². The SMILES string of the molecule is COc1ccc(C(Nc2nc(Cl)nc3[nH]ccc23)(c2ccccc2)c2ccccc2)cc1. The average Bonchev–Trinajstić information content (AvgIpc) is 3.32. The maximum Gasteiger partial charge on any atom is 0.226 e. The minimum atomic E-state index is -0.739. The lowest BCUT2D eigenvalue weighted by molar-refractivity contribution is 0.414. The van der Waals surface area contributed by atoms with E-state index in [4.69, 9.17) is 16.3 Å². The lowest BCUT2D eigenvalue weighted by Gasteiger charge is -2.37. The molecule has 2 heterocycles. The molecule has 0 fully saturated rings. The highest BCUT2D eigenvalue weighted by molar-refractivity contribution is 6.28. The molecule has 0 aliphatic heterocycles. The van der Waals surface area contributed by atoms with Crippen LogP contribution in [0.25, 0.3) is 11.0 Å². The summed E-state index contributed by atoms with van der Waals surface area (Å²) in [5.74, 6) is 1.44. The molecular weight excluding hydrogens is 420 g/mol. The van der Waals surface area contributed by atoms with E-state index in [0.717, 1.165) is 27.8 Å². The van der Waals surface area contributed by atoms with E-state index in [9.17, 15) is 0 Å². The Morgan fingerprint density at radius 1 is 0.781 bits per heavy atom. The summed E-state index contributed by atoms with van der Waals surface area (Å²) in [6, 6.07) is 30.7. The van der Waals surface area contributed by atoms with Gasteiger partial charge in [-0.3, -0.25) is 0 Å². The van der Waals surface area contributed by atoms with Crippen LogP contribution in [0.5, 0.6) is 5.75 Å². The van der Waals surface area contributed by atoms with Gasteiger partial charge in [-0.1, -0.05) is 72.8 Å². The average molecular weight is 441 g/mol. The molecule has 2 aromatic heterocycles. The number of aromatic nitrogens is 3. The first-order chi connectivity index (χ1) is 15.7. The standard InChI is InChI=1S/C26H21ClN4O/c1-32-21-14-12-20(13-15-21)26(18-8-4-2-5-9-18,19-10-6-3-7-11-19)31-24-22-16-17-28-23(22)29-25(27)30-24/h2-17H,1H3,(H2,28,29,30,31). The van der Waals surface area contributed by atoms with Crippen molar-refractivity contribution >= 4 is 28.5 Å². The number of methoxy groups -OCH3 is 1. The van der Waals surface area contributed by atoms with Gasteiger partial charge < -0.3 is 15.0 Å². The maximum absolute atomic E-state index is 6.29. The van der Waals surface area contributed by atoms with Crippen molar-refractivity contribution < 1.29 is 4.74 Å². The van der Waals surface area contributed by atoms with E-state index in [1.807, 2.05) is 60.8 Å². The largest absolute Gasteiger partial charge is 0.497 e. The van der Waals surface area contributed by atoms with Crippen LogP contribution in [0.1, 0.15) is 16.7 Å². The van der Waals surface area contributed by atoms with Gasteiger partial charge in [-0.05, 0) is 46.5 Å². The molecule has 0 bridgehead atoms. The number of rotatable bonds is 6. The number of anilines is 1. The number of halogens is 1. The van der Waals surface area contributed by atoms with Gasteiger partial charge in [-0.15, -0.1) is 0 Å². The molecule has 6 heteroatoms. The number of benzene rings is 3. The molecule has 0 saturated heterocycles. The van der Waals surface area contributed by atoms with Crippen molar-refractivity contribution in [3.8, 4) is 5.75 Å². The summed E-state index contributed by atoms with van der Waals surface area (Å²) in [6.07, 6.45) is 1.83. The normalized spacial score (nSPS) is 11.4. The second kappa shape index (κ2) is 8.36. The fraction of sp³-hybridized carbons (Fsp3) is 0.0769. The predicted molar refractivity (Wildman–Crippen MR) is 128 cm³/mol. The van der Waals surface area contributed by atoms with Crippen molar-refractivity contribution in [3.63, 3.8) is 0 Å². The Morgan fingerprint density at radius 2 is 1.38 bits per heavy atom. The van der Waals surface area contributed by atoms with Gasteiger partial charge in [0, 0.05) is 6.20 Å². The van der Waals surface area contributed by atoms with Gasteiger partial charge in [0.2, 0.25) is 5.28 Å². The van der Waals surface area contributed by atoms with Crippen LogP contribution in [0, 0.1) is 0 Å². The lowest BCUT2D eigenvalue weighted by Crippen LogP contribution is -2.38. The molecule has 0 spiro atoms. The van der Waals surface area contributed by atoms with E-state index in [0.29, 0.717) is 11.5 Å². The summed E-state index contributed by atoms with van der Waals surface area (Å²) in [5, 5.41) is 4.79. The van der Waals surface area contributed by atoms with Gasteiger partial charge in [-0.25, -0.2) is 4.98 Å². The number of H-pyrrole nitrogens is 1. The van der Waals surface area contributed by atoms with Crippen molar-refractivity contribution in [1.29, 1.82) is 0 Å². The van der Waals surface area contributed by atoms with Crippen molar-refractivity contribution in [2.24, 2.45) is 0 Å². The Morgan fingerprint density at radius 3 is 1.97 bits per heavy atom. The van der Waals surface area contributed by atoms with E-state index >= 15 is 0 Å². The first kappa shape index (κ1) is 20.1. The molecule has 0 aliphatic carbocycles. The Bertz CT molecular complexity index is 1300. The van der Waals surface area contributed by atoms with Crippen LogP contribution in [-0.2, 0) is 5.54 Å². The number of fused-ring (bicyclic) bond motifs is 1. The van der Waals surface area contributed by atoms with Gasteiger partial charge in [0.1, 0.15) is 22.8 Å². The predicted octanol–water partition coefficient (Wildman–Crippen LogP) is 6.02. The first-order valence-electron chi connectivity index (χ1n) is 10.2. The third-order valence-electron chi connectivity index (χ3n) is 5.63. The molecule has 0 unspecified atom stereocenters. The monoisotopic (exact) mass is 440 g/mol. The molecule has 3 aromatic carbocycles. The molecule has 32 heavy (non-hydrogen) atoms. The zero-order valence-electron chi connectivity index (χ0n) is 17.4. The molecular formula is C26H21ClN4O. The number of aromatic amines is 1. The molecule has 2 N–H and O–H groups in total. The number of hydrogen-bond acceptors (Lipinski definition) is 4. The van der Waals surface area contributed by atoms with Crippen molar-refractivity contribution in [1.82, 2.24) is 15.0 Å².